The van der Waals surface area contributed by atoms with E-state index in [1.54, 1.807) is 0 Å². The van der Waals surface area contributed by atoms with E-state index in [1.165, 1.54) is 0 Å². The van der Waals surface area contributed by atoms with Crippen molar-refractivity contribution in [3.8, 4) is 0 Å². The molecule has 1 atom stereocenters. The van der Waals surface area contributed by atoms with E-state index in [9.17, 15) is 4.79 Å². The zero-order chi connectivity index (χ0) is 11.1. The Balaban J connectivity index is 2.38. The Hall–Kier alpha value is -1.32. The Bertz CT molecular complexity index is 397. The molecule has 4 nitrogen and oxygen atoms in total. The normalized spacial score (nSPS) is 24.9. The molecule has 0 aromatic carbocycles. The van der Waals surface area contributed by atoms with Crippen molar-refractivity contribution in [2.24, 2.45) is 5.41 Å². The summed E-state index contributed by atoms with van der Waals surface area (Å²) in [4.78, 5) is 11.0. The molecule has 15 heavy (non-hydrogen) atoms. The highest BCUT2D eigenvalue weighted by molar-refractivity contribution is 5.87. The fraction of sp³-hybridized carbons (Fsp3) is 0.636. The van der Waals surface area contributed by atoms with Gasteiger partial charge in [0.2, 0.25) is 0 Å². The standard InChI is InChI=1S/C11H16N2O2/c1-3-11(2)5-4-8-7(6-11)9(10(14)15)13-12-8/h3-6H2,1-2H3,(H,12,13)(H,14,15). The second-order valence-electron chi connectivity index (χ2n) is 4.68. The molecular formula is C11H16N2O2. The van der Waals surface area contributed by atoms with Gasteiger partial charge in [-0.05, 0) is 24.7 Å². The molecule has 2 rings (SSSR count). The van der Waals surface area contributed by atoms with Crippen molar-refractivity contribution < 1.29 is 9.90 Å². The average Bonchev–Trinajstić information content (AvgIpc) is 2.60. The Morgan fingerprint density at radius 3 is 3.00 bits per heavy atom. The summed E-state index contributed by atoms with van der Waals surface area (Å²) in [6.07, 6.45) is 3.94. The molecule has 1 aromatic rings. The SMILES string of the molecule is CCC1(C)CCc2[nH]nc(C(=O)O)c2C1. The zero-order valence-electron chi connectivity index (χ0n) is 9.13. The van der Waals surface area contributed by atoms with Crippen LogP contribution in [0.15, 0.2) is 0 Å². The lowest BCUT2D eigenvalue weighted by Crippen LogP contribution is -2.25. The number of aryl methyl sites for hydroxylation is 1. The number of carboxylic acids is 1. The van der Waals surface area contributed by atoms with E-state index >= 15 is 0 Å². The molecule has 0 fully saturated rings. The van der Waals surface area contributed by atoms with Crippen molar-refractivity contribution in [1.82, 2.24) is 10.2 Å². The maximum absolute atomic E-state index is 11.0. The van der Waals surface area contributed by atoms with Gasteiger partial charge >= 0.3 is 5.97 Å². The Morgan fingerprint density at radius 1 is 1.67 bits per heavy atom. The predicted molar refractivity (Wildman–Crippen MR) is 56.0 cm³/mol. The third-order valence-electron chi connectivity index (χ3n) is 3.59. The molecule has 0 radical (unpaired) electrons. The fourth-order valence-corrected chi connectivity index (χ4v) is 2.22. The van der Waals surface area contributed by atoms with Crippen LogP contribution in [0.2, 0.25) is 0 Å². The minimum Gasteiger partial charge on any atom is -0.476 e. The molecule has 1 aromatic heterocycles. The van der Waals surface area contributed by atoms with Gasteiger partial charge in [-0.3, -0.25) is 5.10 Å². The van der Waals surface area contributed by atoms with Crippen LogP contribution in [-0.4, -0.2) is 21.3 Å². The van der Waals surface area contributed by atoms with E-state index in [1.807, 2.05) is 0 Å². The number of aromatic carboxylic acids is 1. The van der Waals surface area contributed by atoms with E-state index in [2.05, 4.69) is 24.0 Å². The first-order chi connectivity index (χ1) is 7.06. The number of carboxylic acid groups (broad SMARTS) is 1. The lowest BCUT2D eigenvalue weighted by Gasteiger charge is -2.32. The van der Waals surface area contributed by atoms with E-state index in [0.717, 1.165) is 36.9 Å². The maximum Gasteiger partial charge on any atom is 0.356 e. The molecule has 0 bridgehead atoms. The number of fused-ring (bicyclic) bond motifs is 1. The number of rotatable bonds is 2. The molecule has 0 saturated carbocycles. The number of aromatic amines is 1. The Morgan fingerprint density at radius 2 is 2.40 bits per heavy atom. The molecule has 82 valence electrons. The zero-order valence-corrected chi connectivity index (χ0v) is 9.13. The fourth-order valence-electron chi connectivity index (χ4n) is 2.22. The van der Waals surface area contributed by atoms with Gasteiger partial charge < -0.3 is 5.11 Å². The van der Waals surface area contributed by atoms with Crippen LogP contribution < -0.4 is 0 Å². The summed E-state index contributed by atoms with van der Waals surface area (Å²) >= 11 is 0. The summed E-state index contributed by atoms with van der Waals surface area (Å²) in [5.41, 5.74) is 2.38. The lowest BCUT2D eigenvalue weighted by molar-refractivity contribution is 0.0688. The average molecular weight is 208 g/mol. The van der Waals surface area contributed by atoms with E-state index in [-0.39, 0.29) is 11.1 Å². The van der Waals surface area contributed by atoms with Crippen LogP contribution in [0.5, 0.6) is 0 Å². The van der Waals surface area contributed by atoms with E-state index < -0.39 is 5.97 Å². The Labute approximate surface area is 88.7 Å². The number of nitrogens with zero attached hydrogens (tertiary/aromatic N) is 1. The van der Waals surface area contributed by atoms with Crippen molar-refractivity contribution >= 4 is 5.97 Å². The minimum atomic E-state index is -0.923. The largest absolute Gasteiger partial charge is 0.476 e. The van der Waals surface area contributed by atoms with Gasteiger partial charge in [0.25, 0.3) is 0 Å². The van der Waals surface area contributed by atoms with Crippen molar-refractivity contribution in [3.63, 3.8) is 0 Å². The summed E-state index contributed by atoms with van der Waals surface area (Å²) < 4.78 is 0. The molecule has 0 saturated heterocycles. The highest BCUT2D eigenvalue weighted by atomic mass is 16.4. The van der Waals surface area contributed by atoms with Gasteiger partial charge in [-0.2, -0.15) is 5.10 Å². The summed E-state index contributed by atoms with van der Waals surface area (Å²) in [5.74, 6) is -0.923. The van der Waals surface area contributed by atoms with Gasteiger partial charge in [0, 0.05) is 11.3 Å². The number of nitrogens with one attached hydrogen (secondary N) is 1. The van der Waals surface area contributed by atoms with Crippen LogP contribution in [0.25, 0.3) is 0 Å². The van der Waals surface area contributed by atoms with Gasteiger partial charge in [0.1, 0.15) is 0 Å². The highest BCUT2D eigenvalue weighted by Crippen LogP contribution is 2.38. The number of carbonyl (C=O) groups is 1. The van der Waals surface area contributed by atoms with Crippen molar-refractivity contribution in [3.05, 3.63) is 17.0 Å². The van der Waals surface area contributed by atoms with Crippen molar-refractivity contribution in [2.75, 3.05) is 0 Å². The maximum atomic E-state index is 11.0. The summed E-state index contributed by atoms with van der Waals surface area (Å²) in [5, 5.41) is 15.7. The van der Waals surface area contributed by atoms with Gasteiger partial charge in [0.15, 0.2) is 5.69 Å². The number of aromatic nitrogens is 2. The smallest absolute Gasteiger partial charge is 0.356 e. The van der Waals surface area contributed by atoms with Crippen LogP contribution >= 0.6 is 0 Å². The van der Waals surface area contributed by atoms with Crippen LogP contribution in [0.1, 0.15) is 48.4 Å². The summed E-state index contributed by atoms with van der Waals surface area (Å²) in [6.45, 7) is 4.38. The predicted octanol–water partition coefficient (Wildman–Crippen LogP) is 2.01. The minimum absolute atomic E-state index is 0.212. The molecule has 0 aliphatic heterocycles. The second-order valence-corrected chi connectivity index (χ2v) is 4.68. The van der Waals surface area contributed by atoms with E-state index in [0.29, 0.717) is 0 Å². The van der Waals surface area contributed by atoms with Crippen LogP contribution in [-0.2, 0) is 12.8 Å². The third kappa shape index (κ3) is 1.64. The number of hydrogen-bond acceptors (Lipinski definition) is 2. The van der Waals surface area contributed by atoms with Gasteiger partial charge in [-0.15, -0.1) is 0 Å². The first kappa shape index (κ1) is 10.2. The summed E-state index contributed by atoms with van der Waals surface area (Å²) in [6, 6.07) is 0. The lowest BCUT2D eigenvalue weighted by atomic mass is 9.72. The second kappa shape index (κ2) is 3.36. The first-order valence-corrected chi connectivity index (χ1v) is 5.35. The molecule has 2 N–H and O–H groups in total. The molecule has 4 heteroatoms. The molecule has 0 amide bonds. The van der Waals surface area contributed by atoms with E-state index in [4.69, 9.17) is 5.11 Å². The van der Waals surface area contributed by atoms with Gasteiger partial charge in [-0.1, -0.05) is 20.3 Å². The van der Waals surface area contributed by atoms with Crippen LogP contribution in [0, 0.1) is 5.41 Å². The van der Waals surface area contributed by atoms with Crippen LogP contribution in [0.3, 0.4) is 0 Å². The molecular weight excluding hydrogens is 192 g/mol. The molecule has 0 spiro atoms. The van der Waals surface area contributed by atoms with Crippen molar-refractivity contribution in [1.29, 1.82) is 0 Å². The molecule has 1 aliphatic carbocycles. The summed E-state index contributed by atoms with van der Waals surface area (Å²) in [7, 11) is 0. The number of H-pyrrole nitrogens is 1. The number of hydrogen-bond donors (Lipinski definition) is 2. The van der Waals surface area contributed by atoms with Crippen molar-refractivity contribution in [2.45, 2.75) is 39.5 Å². The van der Waals surface area contributed by atoms with Crippen LogP contribution in [0.4, 0.5) is 0 Å². The monoisotopic (exact) mass is 208 g/mol. The highest BCUT2D eigenvalue weighted by Gasteiger charge is 2.32. The topological polar surface area (TPSA) is 66.0 Å². The quantitative estimate of drug-likeness (QED) is 0.781. The molecule has 1 unspecified atom stereocenters. The Kier molecular flexibility index (Phi) is 2.29. The molecule has 1 heterocycles. The van der Waals surface area contributed by atoms with Gasteiger partial charge in [-0.25, -0.2) is 4.79 Å². The third-order valence-corrected chi connectivity index (χ3v) is 3.59. The molecule has 1 aliphatic rings. The van der Waals surface area contributed by atoms with Gasteiger partial charge in [0.05, 0.1) is 0 Å². The first-order valence-electron chi connectivity index (χ1n) is 5.35.